The molecule has 0 aromatic heterocycles. The van der Waals surface area contributed by atoms with Crippen molar-refractivity contribution in [3.63, 3.8) is 0 Å². The van der Waals surface area contributed by atoms with Gasteiger partial charge in [-0.05, 0) is 5.56 Å². The molecule has 4 nitrogen and oxygen atoms in total. The molecule has 1 aromatic rings. The van der Waals surface area contributed by atoms with E-state index in [4.69, 9.17) is 4.74 Å². The lowest BCUT2D eigenvalue weighted by Gasteiger charge is -2.01. The second kappa shape index (κ2) is 4.93. The normalized spacial score (nSPS) is 10.8. The van der Waals surface area contributed by atoms with Gasteiger partial charge < -0.3 is 4.74 Å². The van der Waals surface area contributed by atoms with Gasteiger partial charge >= 0.3 is 6.09 Å². The van der Waals surface area contributed by atoms with Crippen LogP contribution in [0.2, 0.25) is 0 Å². The van der Waals surface area contributed by atoms with E-state index in [0.29, 0.717) is 0 Å². The molecule has 0 atom stereocenters. The molecule has 0 N–H and O–H groups in total. The predicted octanol–water partition coefficient (Wildman–Crippen LogP) is 2.05. The Labute approximate surface area is 89.4 Å². The van der Waals surface area contributed by atoms with E-state index in [1.807, 2.05) is 30.3 Å². The monoisotopic (exact) mass is 227 g/mol. The minimum atomic E-state index is -2.43. The smallest absolute Gasteiger partial charge is 0.442 e. The molecule has 5 heteroatoms. The maximum atomic E-state index is 11.1. The number of nitrogens with zero attached hydrogens (tertiary/aromatic N) is 1. The summed E-state index contributed by atoms with van der Waals surface area (Å²) in [4.78, 5) is 11.1. The van der Waals surface area contributed by atoms with Gasteiger partial charge in [-0.2, -0.15) is 0 Å². The summed E-state index contributed by atoms with van der Waals surface area (Å²) in [6.07, 6.45) is 1.99. The predicted molar refractivity (Wildman–Crippen MR) is 59.0 cm³/mol. The van der Waals surface area contributed by atoms with Gasteiger partial charge in [0.15, 0.2) is 0 Å². The van der Waals surface area contributed by atoms with Crippen molar-refractivity contribution in [3.05, 3.63) is 35.9 Å². The molecule has 0 saturated carbocycles. The fourth-order valence-corrected chi connectivity index (χ4v) is 1.34. The molecule has 0 saturated heterocycles. The number of benzene rings is 1. The molecular weight excluding hydrogens is 214 g/mol. The second-order valence-corrected chi connectivity index (χ2v) is 5.86. The molecule has 0 bridgehead atoms. The topological polar surface area (TPSA) is 55.7 Å². The minimum absolute atomic E-state index is 0.151. The summed E-state index contributed by atoms with van der Waals surface area (Å²) in [7, 11) is -2.43. The lowest BCUT2D eigenvalue weighted by atomic mass is 10.2. The van der Waals surface area contributed by atoms with Gasteiger partial charge in [-0.1, -0.05) is 30.3 Å². The molecule has 82 valence electrons. The van der Waals surface area contributed by atoms with Crippen molar-refractivity contribution >= 4 is 15.8 Å². The zero-order valence-corrected chi connectivity index (χ0v) is 9.49. The molecule has 0 radical (unpaired) electrons. The van der Waals surface area contributed by atoms with Crippen LogP contribution in [0.1, 0.15) is 5.56 Å². The summed E-state index contributed by atoms with van der Waals surface area (Å²) in [6, 6.07) is 9.25. The third-order valence-corrected chi connectivity index (χ3v) is 2.09. The minimum Gasteiger partial charge on any atom is -0.443 e. The summed E-state index contributed by atoms with van der Waals surface area (Å²) in [5.74, 6) is 0. The third-order valence-electron chi connectivity index (χ3n) is 1.50. The first kappa shape index (κ1) is 11.7. The maximum absolute atomic E-state index is 11.1. The molecule has 15 heavy (non-hydrogen) atoms. The summed E-state index contributed by atoms with van der Waals surface area (Å²) in [5.41, 5.74) is 0.875. The van der Waals surface area contributed by atoms with E-state index in [9.17, 15) is 9.00 Å². The Balaban J connectivity index is 2.53. The van der Waals surface area contributed by atoms with Crippen molar-refractivity contribution in [2.45, 2.75) is 6.61 Å². The molecule has 1 aromatic carbocycles. The number of carbonyl (C=O) groups is 1. The highest BCUT2D eigenvalue weighted by atomic mass is 32.2. The molecule has 0 unspecified atom stereocenters. The molecule has 1 rings (SSSR count). The van der Waals surface area contributed by atoms with E-state index in [1.54, 1.807) is 0 Å². The van der Waals surface area contributed by atoms with Gasteiger partial charge in [0.05, 0.1) is 9.73 Å². The van der Waals surface area contributed by atoms with E-state index in [1.165, 1.54) is 12.5 Å². The Bertz CT molecular complexity index is 439. The molecule has 1 amide bonds. The van der Waals surface area contributed by atoms with Gasteiger partial charge in [0, 0.05) is 12.5 Å². The van der Waals surface area contributed by atoms with Gasteiger partial charge in [0.1, 0.15) is 6.61 Å². The average Bonchev–Trinajstić information content (AvgIpc) is 2.14. The number of ether oxygens (including phenoxy) is 1. The standard InChI is InChI=1S/C10H13NO3S/c1-15(2,13)11-10(12)14-8-9-6-4-3-5-7-9/h3-7H,8H2,1-2H3. The SMILES string of the molecule is CS(C)(=O)=NC(=O)OCc1ccccc1. The maximum Gasteiger partial charge on any atom is 0.442 e. The van der Waals surface area contributed by atoms with Gasteiger partial charge in [0.25, 0.3) is 0 Å². The molecule has 0 aliphatic heterocycles. The van der Waals surface area contributed by atoms with Crippen LogP contribution in [-0.4, -0.2) is 22.8 Å². The fourth-order valence-electron chi connectivity index (χ4n) is 0.925. The fraction of sp³-hybridized carbons (Fsp3) is 0.300. The first-order chi connectivity index (χ1) is 6.97. The van der Waals surface area contributed by atoms with E-state index in [-0.39, 0.29) is 6.61 Å². The van der Waals surface area contributed by atoms with Crippen LogP contribution in [0.25, 0.3) is 0 Å². The van der Waals surface area contributed by atoms with Crippen molar-refractivity contribution in [1.82, 2.24) is 0 Å². The zero-order chi connectivity index (χ0) is 11.3. The number of rotatable bonds is 2. The van der Waals surface area contributed by atoms with Crippen molar-refractivity contribution in [2.24, 2.45) is 4.36 Å². The van der Waals surface area contributed by atoms with Crippen LogP contribution >= 0.6 is 0 Å². The Morgan fingerprint density at radius 3 is 2.47 bits per heavy atom. The van der Waals surface area contributed by atoms with E-state index < -0.39 is 15.8 Å². The Morgan fingerprint density at radius 1 is 1.33 bits per heavy atom. The van der Waals surface area contributed by atoms with Crippen LogP contribution in [0.15, 0.2) is 34.7 Å². The Morgan fingerprint density at radius 2 is 1.93 bits per heavy atom. The summed E-state index contributed by atoms with van der Waals surface area (Å²) >= 11 is 0. The van der Waals surface area contributed by atoms with Gasteiger partial charge in [-0.15, -0.1) is 4.36 Å². The molecular formula is C10H13NO3S. The van der Waals surface area contributed by atoms with Crippen molar-refractivity contribution in [2.75, 3.05) is 12.5 Å². The van der Waals surface area contributed by atoms with Crippen molar-refractivity contribution in [3.8, 4) is 0 Å². The first-order valence-corrected chi connectivity index (χ1v) is 6.68. The highest BCUT2D eigenvalue weighted by Crippen LogP contribution is 2.02. The summed E-state index contributed by atoms with van der Waals surface area (Å²) < 4.78 is 19.4. The molecule has 0 aliphatic rings. The molecule has 0 spiro atoms. The van der Waals surface area contributed by atoms with Crippen LogP contribution in [0.4, 0.5) is 4.79 Å². The Kier molecular flexibility index (Phi) is 3.85. The number of hydrogen-bond acceptors (Lipinski definition) is 3. The zero-order valence-electron chi connectivity index (χ0n) is 8.67. The van der Waals surface area contributed by atoms with Crippen molar-refractivity contribution < 1.29 is 13.7 Å². The average molecular weight is 227 g/mol. The highest BCUT2D eigenvalue weighted by molar-refractivity contribution is 7.92. The van der Waals surface area contributed by atoms with Gasteiger partial charge in [0.2, 0.25) is 0 Å². The van der Waals surface area contributed by atoms with E-state index in [2.05, 4.69) is 4.36 Å². The molecule has 0 fully saturated rings. The number of amides is 1. The Hall–Kier alpha value is -1.36. The van der Waals surface area contributed by atoms with Crippen LogP contribution < -0.4 is 0 Å². The van der Waals surface area contributed by atoms with Crippen molar-refractivity contribution in [1.29, 1.82) is 0 Å². The van der Waals surface area contributed by atoms with E-state index >= 15 is 0 Å². The van der Waals surface area contributed by atoms with Crippen LogP contribution in [0, 0.1) is 0 Å². The highest BCUT2D eigenvalue weighted by Gasteiger charge is 2.02. The van der Waals surface area contributed by atoms with Crippen LogP contribution in [0.5, 0.6) is 0 Å². The lowest BCUT2D eigenvalue weighted by Crippen LogP contribution is -2.03. The third kappa shape index (κ3) is 5.17. The molecule has 0 aliphatic carbocycles. The number of hydrogen-bond donors (Lipinski definition) is 0. The first-order valence-electron chi connectivity index (χ1n) is 4.35. The van der Waals surface area contributed by atoms with E-state index in [0.717, 1.165) is 5.56 Å². The van der Waals surface area contributed by atoms with Crippen LogP contribution in [0.3, 0.4) is 0 Å². The second-order valence-electron chi connectivity index (χ2n) is 3.31. The lowest BCUT2D eigenvalue weighted by molar-refractivity contribution is 0.151. The molecule has 0 heterocycles. The van der Waals surface area contributed by atoms with Crippen LogP contribution in [-0.2, 0) is 21.1 Å². The number of carbonyl (C=O) groups excluding carboxylic acids is 1. The quantitative estimate of drug-likeness (QED) is 0.777. The largest absolute Gasteiger partial charge is 0.443 e. The summed E-state index contributed by atoms with van der Waals surface area (Å²) in [5, 5.41) is 0. The van der Waals surface area contributed by atoms with Gasteiger partial charge in [-0.3, -0.25) is 0 Å². The van der Waals surface area contributed by atoms with Gasteiger partial charge in [-0.25, -0.2) is 9.00 Å². The summed E-state index contributed by atoms with van der Waals surface area (Å²) in [6.45, 7) is 0.151.